The van der Waals surface area contributed by atoms with Gasteiger partial charge in [0.25, 0.3) is 0 Å². The van der Waals surface area contributed by atoms with Gasteiger partial charge in [0.15, 0.2) is 5.01 Å². The van der Waals surface area contributed by atoms with Crippen molar-refractivity contribution in [3.63, 3.8) is 0 Å². The number of para-hydroxylation sites is 1. The number of benzene rings is 2. The van der Waals surface area contributed by atoms with Crippen molar-refractivity contribution < 1.29 is 19.2 Å². The topological polar surface area (TPSA) is 133 Å². The molecule has 0 aliphatic heterocycles. The van der Waals surface area contributed by atoms with Crippen LogP contribution >= 0.6 is 11.3 Å². The van der Waals surface area contributed by atoms with Crippen molar-refractivity contribution in [3.8, 4) is 0 Å². The number of carbonyl (C=O) groups is 4. The molecule has 2 unspecified atom stereocenters. The minimum absolute atomic E-state index is 0.255. The number of fused-ring (bicyclic) bond motifs is 1. The first kappa shape index (κ1) is 25.8. The highest BCUT2D eigenvalue weighted by Crippen LogP contribution is 2.20. The van der Waals surface area contributed by atoms with E-state index >= 15 is 0 Å². The number of carbonyl (C=O) groups excluding carboxylic acids is 4. The van der Waals surface area contributed by atoms with Crippen LogP contribution < -0.4 is 16.0 Å². The second kappa shape index (κ2) is 12.1. The van der Waals surface area contributed by atoms with E-state index in [1.54, 1.807) is 5.38 Å². The van der Waals surface area contributed by atoms with Crippen LogP contribution in [-0.2, 0) is 27.2 Å². The number of hydrogen-bond donors (Lipinski definition) is 4. The van der Waals surface area contributed by atoms with E-state index in [0.717, 1.165) is 22.0 Å². The summed E-state index contributed by atoms with van der Waals surface area (Å²) in [6.45, 7) is 0.983. The van der Waals surface area contributed by atoms with Crippen LogP contribution in [0.5, 0.6) is 0 Å². The molecule has 0 saturated heterocycles. The monoisotopic (exact) mass is 517 g/mol. The van der Waals surface area contributed by atoms with Gasteiger partial charge in [-0.15, -0.1) is 11.3 Å². The second-order valence-corrected chi connectivity index (χ2v) is 9.44. The van der Waals surface area contributed by atoms with Gasteiger partial charge in [-0.2, -0.15) is 0 Å². The molecule has 0 spiro atoms. The van der Waals surface area contributed by atoms with E-state index in [-0.39, 0.29) is 31.1 Å². The van der Waals surface area contributed by atoms with Crippen molar-refractivity contribution in [2.24, 2.45) is 0 Å². The number of hydrogen-bond acceptors (Lipinski definition) is 6. The molecule has 9 nitrogen and oxygen atoms in total. The highest BCUT2D eigenvalue weighted by atomic mass is 32.1. The number of aromatic amines is 1. The van der Waals surface area contributed by atoms with E-state index in [2.05, 4.69) is 25.9 Å². The SMILES string of the molecule is CC(=O)NC(Cc1ccccc1)C(=O)NCC(=O)NC(Cc1c[nH]c2ccccc12)C(=O)c1nccs1. The fourth-order valence-corrected chi connectivity index (χ4v) is 4.69. The molecule has 37 heavy (non-hydrogen) atoms. The number of amides is 3. The maximum absolute atomic E-state index is 13.2. The van der Waals surface area contributed by atoms with Gasteiger partial charge in [-0.1, -0.05) is 48.5 Å². The first-order valence-corrected chi connectivity index (χ1v) is 12.7. The first-order valence-electron chi connectivity index (χ1n) is 11.8. The third-order valence-electron chi connectivity index (χ3n) is 5.79. The number of nitrogens with one attached hydrogen (secondary N) is 4. The molecule has 4 aromatic rings. The van der Waals surface area contributed by atoms with Crippen LogP contribution in [0, 0.1) is 0 Å². The number of thiazole rings is 1. The summed E-state index contributed by atoms with van der Waals surface area (Å²) >= 11 is 1.20. The number of rotatable bonds is 11. The van der Waals surface area contributed by atoms with Gasteiger partial charge in [0.1, 0.15) is 6.04 Å². The number of nitrogens with zero attached hydrogens (tertiary/aromatic N) is 1. The molecule has 4 N–H and O–H groups in total. The van der Waals surface area contributed by atoms with E-state index in [1.165, 1.54) is 24.5 Å². The predicted molar refractivity (Wildman–Crippen MR) is 141 cm³/mol. The Balaban J connectivity index is 1.43. The van der Waals surface area contributed by atoms with Crippen LogP contribution in [0.25, 0.3) is 10.9 Å². The number of aromatic nitrogens is 2. The van der Waals surface area contributed by atoms with Crippen LogP contribution in [0.1, 0.15) is 27.9 Å². The zero-order chi connectivity index (χ0) is 26.2. The Morgan fingerprint density at radius 2 is 1.70 bits per heavy atom. The third kappa shape index (κ3) is 6.89. The van der Waals surface area contributed by atoms with E-state index < -0.39 is 23.9 Å². The third-order valence-corrected chi connectivity index (χ3v) is 6.58. The Kier molecular flexibility index (Phi) is 8.42. The molecule has 0 aliphatic carbocycles. The largest absolute Gasteiger partial charge is 0.361 e. The standard InChI is InChI=1S/C27H27N5O4S/c1-17(33)31-23(13-18-7-3-2-4-8-18)26(36)30-16-24(34)32-22(25(35)27-28-11-12-37-27)14-19-15-29-21-10-6-5-9-20(19)21/h2-12,15,22-23,29H,13-14,16H2,1H3,(H,30,36)(H,31,33)(H,32,34). The van der Waals surface area contributed by atoms with E-state index in [4.69, 9.17) is 0 Å². The minimum atomic E-state index is -0.870. The molecule has 2 heterocycles. The fourth-order valence-electron chi connectivity index (χ4n) is 4.06. The van der Waals surface area contributed by atoms with E-state index in [9.17, 15) is 19.2 Å². The smallest absolute Gasteiger partial charge is 0.243 e. The summed E-state index contributed by atoms with van der Waals surface area (Å²) < 4.78 is 0. The lowest BCUT2D eigenvalue weighted by molar-refractivity contribution is -0.129. The zero-order valence-electron chi connectivity index (χ0n) is 20.2. The molecule has 10 heteroatoms. The normalized spacial score (nSPS) is 12.5. The fraction of sp³-hybridized carbons (Fsp3) is 0.222. The van der Waals surface area contributed by atoms with Gasteiger partial charge in [0.05, 0.1) is 12.6 Å². The quantitative estimate of drug-likeness (QED) is 0.227. The first-order chi connectivity index (χ1) is 17.9. The lowest BCUT2D eigenvalue weighted by Gasteiger charge is -2.19. The molecular weight excluding hydrogens is 490 g/mol. The summed E-state index contributed by atoms with van der Waals surface area (Å²) in [6.07, 6.45) is 3.89. The van der Waals surface area contributed by atoms with Crippen molar-refractivity contribution in [1.82, 2.24) is 25.9 Å². The Morgan fingerprint density at radius 1 is 0.946 bits per heavy atom. The average molecular weight is 518 g/mol. The highest BCUT2D eigenvalue weighted by molar-refractivity contribution is 7.11. The summed E-state index contributed by atoms with van der Waals surface area (Å²) in [5, 5.41) is 10.9. The predicted octanol–water partition coefficient (Wildman–Crippen LogP) is 2.40. The molecular formula is C27H27N5O4S. The molecule has 0 fully saturated rings. The molecule has 3 amide bonds. The van der Waals surface area contributed by atoms with Crippen molar-refractivity contribution in [2.75, 3.05) is 6.54 Å². The lowest BCUT2D eigenvalue weighted by atomic mass is 10.0. The van der Waals surface area contributed by atoms with E-state index in [1.807, 2.05) is 60.8 Å². The van der Waals surface area contributed by atoms with Gasteiger partial charge in [0, 0.05) is 48.4 Å². The molecule has 0 radical (unpaired) electrons. The van der Waals surface area contributed by atoms with Gasteiger partial charge < -0.3 is 20.9 Å². The Labute approximate surface area is 217 Å². The van der Waals surface area contributed by atoms with Crippen molar-refractivity contribution in [1.29, 1.82) is 0 Å². The van der Waals surface area contributed by atoms with Crippen LogP contribution in [-0.4, -0.2) is 52.1 Å². The molecule has 190 valence electrons. The zero-order valence-corrected chi connectivity index (χ0v) is 21.0. The Hall–Kier alpha value is -4.31. The summed E-state index contributed by atoms with van der Waals surface area (Å²) in [5.41, 5.74) is 2.68. The van der Waals surface area contributed by atoms with Gasteiger partial charge >= 0.3 is 0 Å². The van der Waals surface area contributed by atoms with E-state index in [0.29, 0.717) is 5.01 Å². The Bertz CT molecular complexity index is 1380. The molecule has 0 saturated carbocycles. The van der Waals surface area contributed by atoms with Gasteiger partial charge in [-0.05, 0) is 17.2 Å². The molecule has 2 atom stereocenters. The van der Waals surface area contributed by atoms with Crippen LogP contribution in [0.2, 0.25) is 0 Å². The number of Topliss-reactive ketones (excluding diaryl/α,β-unsaturated/α-hetero) is 1. The molecule has 2 aromatic carbocycles. The Morgan fingerprint density at radius 3 is 2.43 bits per heavy atom. The maximum Gasteiger partial charge on any atom is 0.243 e. The molecule has 0 bridgehead atoms. The lowest BCUT2D eigenvalue weighted by Crippen LogP contribution is -2.51. The van der Waals surface area contributed by atoms with Gasteiger partial charge in [0.2, 0.25) is 23.5 Å². The number of ketones is 1. The summed E-state index contributed by atoms with van der Waals surface area (Å²) in [7, 11) is 0. The van der Waals surface area contributed by atoms with Crippen molar-refractivity contribution >= 4 is 45.7 Å². The molecule has 4 rings (SSSR count). The average Bonchev–Trinajstić information content (AvgIpc) is 3.57. The molecule has 2 aromatic heterocycles. The number of H-pyrrole nitrogens is 1. The molecule has 0 aliphatic rings. The van der Waals surface area contributed by atoms with Crippen molar-refractivity contribution in [3.05, 3.63) is 88.5 Å². The van der Waals surface area contributed by atoms with Crippen LogP contribution in [0.15, 0.2) is 72.4 Å². The van der Waals surface area contributed by atoms with Crippen LogP contribution in [0.3, 0.4) is 0 Å². The van der Waals surface area contributed by atoms with Gasteiger partial charge in [-0.25, -0.2) is 4.98 Å². The summed E-state index contributed by atoms with van der Waals surface area (Å²) in [6, 6.07) is 15.3. The van der Waals surface area contributed by atoms with Gasteiger partial charge in [-0.3, -0.25) is 19.2 Å². The maximum atomic E-state index is 13.2. The van der Waals surface area contributed by atoms with Crippen LogP contribution in [0.4, 0.5) is 0 Å². The highest BCUT2D eigenvalue weighted by Gasteiger charge is 2.26. The van der Waals surface area contributed by atoms with Crippen molar-refractivity contribution in [2.45, 2.75) is 31.8 Å². The summed E-state index contributed by atoms with van der Waals surface area (Å²) in [4.78, 5) is 57.7. The summed E-state index contributed by atoms with van der Waals surface area (Å²) in [5.74, 6) is -1.67. The second-order valence-electron chi connectivity index (χ2n) is 8.55. The minimum Gasteiger partial charge on any atom is -0.361 e.